The summed E-state index contributed by atoms with van der Waals surface area (Å²) in [5.41, 5.74) is -1.09. The second kappa shape index (κ2) is 7.76. The number of ketones is 2. The van der Waals surface area contributed by atoms with Crippen molar-refractivity contribution in [3.63, 3.8) is 0 Å². The Hall–Kier alpha value is -1.04. The van der Waals surface area contributed by atoms with E-state index in [1.807, 2.05) is 6.92 Å². The molecule has 3 N–H and O–H groups in total. The molecule has 0 aliphatic heterocycles. The summed E-state index contributed by atoms with van der Waals surface area (Å²) < 4.78 is 0. The van der Waals surface area contributed by atoms with Gasteiger partial charge in [0.2, 0.25) is 0 Å². The third kappa shape index (κ3) is 3.43. The molecule has 0 heterocycles. The van der Waals surface area contributed by atoms with E-state index in [0.29, 0.717) is 19.3 Å². The number of aliphatic hydroxyl groups excluding tert-OH is 2. The molecular formula is C22H34O5. The molecule has 0 aromatic carbocycles. The zero-order chi connectivity index (χ0) is 19.8. The van der Waals surface area contributed by atoms with Crippen molar-refractivity contribution in [2.45, 2.75) is 83.3 Å². The third-order valence-corrected chi connectivity index (χ3v) is 7.82. The fourth-order valence-corrected chi connectivity index (χ4v) is 6.28. The van der Waals surface area contributed by atoms with Crippen LogP contribution in [0, 0.1) is 23.2 Å². The lowest BCUT2D eigenvalue weighted by molar-refractivity contribution is -0.172. The molecule has 0 bridgehead atoms. The molecular weight excluding hydrogens is 344 g/mol. The van der Waals surface area contributed by atoms with E-state index in [1.54, 1.807) is 6.08 Å². The molecule has 0 spiro atoms. The van der Waals surface area contributed by atoms with Crippen LogP contribution in [-0.2, 0) is 9.59 Å². The minimum Gasteiger partial charge on any atom is -0.393 e. The minimum atomic E-state index is -1.54. The van der Waals surface area contributed by atoms with Gasteiger partial charge in [0.05, 0.1) is 6.10 Å². The van der Waals surface area contributed by atoms with Gasteiger partial charge in [-0.15, -0.1) is 0 Å². The molecule has 0 radical (unpaired) electrons. The summed E-state index contributed by atoms with van der Waals surface area (Å²) >= 11 is 0. The van der Waals surface area contributed by atoms with Gasteiger partial charge in [0.1, 0.15) is 12.2 Å². The van der Waals surface area contributed by atoms with Gasteiger partial charge in [0.15, 0.2) is 11.6 Å². The topological polar surface area (TPSA) is 94.8 Å². The Morgan fingerprint density at radius 2 is 2.00 bits per heavy atom. The summed E-state index contributed by atoms with van der Waals surface area (Å²) in [7, 11) is 0. The van der Waals surface area contributed by atoms with Crippen molar-refractivity contribution in [3.05, 3.63) is 11.6 Å². The van der Waals surface area contributed by atoms with Gasteiger partial charge in [-0.05, 0) is 68.8 Å². The molecule has 3 saturated carbocycles. The maximum atomic E-state index is 12.3. The van der Waals surface area contributed by atoms with E-state index in [2.05, 4.69) is 6.92 Å². The predicted molar refractivity (Wildman–Crippen MR) is 102 cm³/mol. The minimum absolute atomic E-state index is 0.0913. The van der Waals surface area contributed by atoms with Gasteiger partial charge in [-0.1, -0.05) is 25.8 Å². The molecule has 0 aromatic rings. The molecule has 27 heavy (non-hydrogen) atoms. The molecule has 0 saturated heterocycles. The van der Waals surface area contributed by atoms with Gasteiger partial charge in [-0.3, -0.25) is 9.59 Å². The van der Waals surface area contributed by atoms with Crippen molar-refractivity contribution in [2.75, 3.05) is 6.61 Å². The fraction of sp³-hybridized carbons (Fsp3) is 0.818. The number of carbonyl (C=O) groups is 2. The normalized spacial score (nSPS) is 42.6. The molecule has 0 unspecified atom stereocenters. The zero-order valence-corrected chi connectivity index (χ0v) is 16.6. The highest BCUT2D eigenvalue weighted by molar-refractivity contribution is 5.90. The van der Waals surface area contributed by atoms with Crippen LogP contribution >= 0.6 is 0 Å². The van der Waals surface area contributed by atoms with Crippen molar-refractivity contribution in [3.8, 4) is 0 Å². The van der Waals surface area contributed by atoms with Gasteiger partial charge in [0.25, 0.3) is 0 Å². The lowest BCUT2D eigenvalue weighted by atomic mass is 9.52. The Morgan fingerprint density at radius 1 is 1.26 bits per heavy atom. The number of allylic oxidation sites excluding steroid dienone is 2. The van der Waals surface area contributed by atoms with Gasteiger partial charge < -0.3 is 15.3 Å². The highest BCUT2D eigenvalue weighted by Gasteiger charge is 2.65. The van der Waals surface area contributed by atoms with E-state index in [-0.39, 0.29) is 23.5 Å². The van der Waals surface area contributed by atoms with E-state index in [1.165, 1.54) is 0 Å². The number of Topliss-reactive ketones (excluding diaryl/α,β-unsaturated/α-hetero) is 1. The van der Waals surface area contributed by atoms with Crippen LogP contribution in [0.5, 0.6) is 0 Å². The number of aliphatic hydroxyl groups is 3. The molecule has 6 atom stereocenters. The Morgan fingerprint density at radius 3 is 2.67 bits per heavy atom. The van der Waals surface area contributed by atoms with Crippen LogP contribution in [0.1, 0.15) is 71.6 Å². The number of hydrogen-bond donors (Lipinski definition) is 3. The van der Waals surface area contributed by atoms with Crippen molar-refractivity contribution >= 4 is 11.6 Å². The summed E-state index contributed by atoms with van der Waals surface area (Å²) in [4.78, 5) is 24.4. The maximum absolute atomic E-state index is 12.3. The van der Waals surface area contributed by atoms with Gasteiger partial charge >= 0.3 is 0 Å². The van der Waals surface area contributed by atoms with Crippen LogP contribution in [0.15, 0.2) is 11.6 Å². The number of hydrogen-bond acceptors (Lipinski definition) is 5. The smallest absolute Gasteiger partial charge is 0.190 e. The predicted octanol–water partition coefficient (Wildman–Crippen LogP) is 2.56. The first-order valence-corrected chi connectivity index (χ1v) is 10.5. The third-order valence-electron chi connectivity index (χ3n) is 7.82. The van der Waals surface area contributed by atoms with Crippen LogP contribution in [0.2, 0.25) is 0 Å². The van der Waals surface area contributed by atoms with Gasteiger partial charge in [-0.2, -0.15) is 0 Å². The summed E-state index contributed by atoms with van der Waals surface area (Å²) in [5.74, 6) is 0.180. The zero-order valence-electron chi connectivity index (χ0n) is 16.6. The Bertz CT molecular complexity index is 626. The van der Waals surface area contributed by atoms with E-state index < -0.39 is 29.5 Å². The quantitative estimate of drug-likeness (QED) is 0.618. The molecule has 5 nitrogen and oxygen atoms in total. The number of rotatable bonds is 6. The molecule has 0 amide bonds. The monoisotopic (exact) mass is 378 g/mol. The van der Waals surface area contributed by atoms with Crippen LogP contribution in [0.25, 0.3) is 0 Å². The summed E-state index contributed by atoms with van der Waals surface area (Å²) in [6.45, 7) is 3.33. The Labute approximate surface area is 161 Å². The molecule has 3 aliphatic rings. The van der Waals surface area contributed by atoms with Crippen LogP contribution in [0.3, 0.4) is 0 Å². The second-order valence-electron chi connectivity index (χ2n) is 9.22. The van der Waals surface area contributed by atoms with Crippen molar-refractivity contribution in [1.82, 2.24) is 0 Å². The summed E-state index contributed by atoms with van der Waals surface area (Å²) in [6.07, 6.45) is 7.68. The lowest BCUT2D eigenvalue weighted by Crippen LogP contribution is -2.59. The van der Waals surface area contributed by atoms with Crippen molar-refractivity contribution in [1.29, 1.82) is 0 Å². The Kier molecular flexibility index (Phi) is 5.95. The first kappa shape index (κ1) is 20.7. The van der Waals surface area contributed by atoms with Crippen molar-refractivity contribution < 1.29 is 24.9 Å². The maximum Gasteiger partial charge on any atom is 0.190 e. The molecule has 152 valence electrons. The standard InChI is InChI=1S/C22H34O5/c1-3-4-5-15(24)10-14-6-7-16-17(11-14)19(25)12-21(2)18(16)8-9-22(21,27)20(26)13-23/h10,16-19,23,25,27H,3-9,11-13H2,1-2H3/b14-10-/t16-,17-,18+,19+,21+,22+/m1/s1. The van der Waals surface area contributed by atoms with Crippen LogP contribution in [0.4, 0.5) is 0 Å². The van der Waals surface area contributed by atoms with E-state index in [4.69, 9.17) is 0 Å². The average molecular weight is 379 g/mol. The highest BCUT2D eigenvalue weighted by atomic mass is 16.3. The molecule has 5 heteroatoms. The number of carbonyl (C=O) groups excluding carboxylic acids is 2. The molecule has 3 fully saturated rings. The highest BCUT2D eigenvalue weighted by Crippen LogP contribution is 2.63. The van der Waals surface area contributed by atoms with Crippen LogP contribution < -0.4 is 0 Å². The second-order valence-corrected chi connectivity index (χ2v) is 9.22. The summed E-state index contributed by atoms with van der Waals surface area (Å²) in [6, 6.07) is 0. The van der Waals surface area contributed by atoms with Gasteiger partial charge in [-0.25, -0.2) is 0 Å². The van der Waals surface area contributed by atoms with Crippen molar-refractivity contribution in [2.24, 2.45) is 23.2 Å². The largest absolute Gasteiger partial charge is 0.393 e. The lowest BCUT2D eigenvalue weighted by Gasteiger charge is -2.54. The van der Waals surface area contributed by atoms with Crippen LogP contribution in [-0.4, -0.2) is 45.2 Å². The molecule has 3 aliphatic carbocycles. The summed E-state index contributed by atoms with van der Waals surface area (Å²) in [5, 5.41) is 31.3. The number of fused-ring (bicyclic) bond motifs is 3. The number of unbranched alkanes of at least 4 members (excludes halogenated alkanes) is 1. The van der Waals surface area contributed by atoms with E-state index in [9.17, 15) is 24.9 Å². The first-order chi connectivity index (χ1) is 12.8. The Balaban J connectivity index is 1.78. The van der Waals surface area contributed by atoms with Gasteiger partial charge in [0, 0.05) is 11.8 Å². The van der Waals surface area contributed by atoms with E-state index in [0.717, 1.165) is 44.1 Å². The fourth-order valence-electron chi connectivity index (χ4n) is 6.28. The first-order valence-electron chi connectivity index (χ1n) is 10.5. The molecule has 3 rings (SSSR count). The van der Waals surface area contributed by atoms with E-state index >= 15 is 0 Å². The average Bonchev–Trinajstić information content (AvgIpc) is 2.91. The SMILES string of the molecule is CCCCC(=O)/C=C1/CC[C@@H]2[C@@H](C1)[C@@H](O)C[C@@]1(C)[C@H]2CC[C@]1(O)C(=O)CO. The molecule has 0 aromatic heterocycles.